The number of fused-ring (bicyclic) bond motifs is 1. The number of carbonyl (C=O) groups is 2. The highest BCUT2D eigenvalue weighted by molar-refractivity contribution is 7.80. The molecule has 0 saturated heterocycles. The third kappa shape index (κ3) is 5.33. The van der Waals surface area contributed by atoms with E-state index in [0.717, 1.165) is 20.7 Å². The second kappa shape index (κ2) is 10.2. The fourth-order valence-electron chi connectivity index (χ4n) is 3.06. The number of thiophene rings is 1. The topological polar surface area (TPSA) is 118 Å². The number of furan rings is 1. The third-order valence-corrected chi connectivity index (χ3v) is 6.04. The number of ether oxygens (including phenoxy) is 1. The smallest absolute Gasteiger partial charge is 0.328 e. The van der Waals surface area contributed by atoms with Crippen molar-refractivity contribution in [2.24, 2.45) is 0 Å². The molecular formula is C22H19N5O4S2. The van der Waals surface area contributed by atoms with Crippen molar-refractivity contribution in [1.29, 1.82) is 0 Å². The maximum Gasteiger partial charge on any atom is 0.328 e. The van der Waals surface area contributed by atoms with Crippen molar-refractivity contribution >= 4 is 56.5 Å². The SMILES string of the molecule is COC(=O)C(CC(=O)c1ccco1)NC(=S)NNc1ncnc2cc(-c3ccccc3)sc12. The molecule has 1 atom stereocenters. The highest BCUT2D eigenvalue weighted by Gasteiger charge is 2.25. The number of ketones is 1. The Balaban J connectivity index is 1.43. The second-order valence-corrected chi connectivity index (χ2v) is 8.28. The maximum atomic E-state index is 12.3. The molecule has 0 bridgehead atoms. The minimum atomic E-state index is -0.994. The number of hydrazine groups is 1. The van der Waals surface area contributed by atoms with Crippen molar-refractivity contribution in [1.82, 2.24) is 20.7 Å². The zero-order chi connectivity index (χ0) is 23.2. The normalized spacial score (nSPS) is 11.5. The summed E-state index contributed by atoms with van der Waals surface area (Å²) in [5, 5.41) is 2.88. The molecule has 0 saturated carbocycles. The van der Waals surface area contributed by atoms with E-state index >= 15 is 0 Å². The number of hydrogen-bond donors (Lipinski definition) is 3. The Kier molecular flexibility index (Phi) is 6.91. The zero-order valence-electron chi connectivity index (χ0n) is 17.4. The Morgan fingerprint density at radius 3 is 2.73 bits per heavy atom. The summed E-state index contributed by atoms with van der Waals surface area (Å²) < 4.78 is 10.7. The predicted octanol–water partition coefficient (Wildman–Crippen LogP) is 3.56. The first-order chi connectivity index (χ1) is 16.0. The fraction of sp³-hybridized carbons (Fsp3) is 0.136. The van der Waals surface area contributed by atoms with Gasteiger partial charge in [-0.25, -0.2) is 14.8 Å². The van der Waals surface area contributed by atoms with Gasteiger partial charge in [0.15, 0.2) is 16.7 Å². The summed E-state index contributed by atoms with van der Waals surface area (Å²) in [6, 6.07) is 14.1. The van der Waals surface area contributed by atoms with E-state index in [2.05, 4.69) is 26.1 Å². The lowest BCUT2D eigenvalue weighted by atomic mass is 10.1. The molecule has 9 nitrogen and oxygen atoms in total. The van der Waals surface area contributed by atoms with Crippen LogP contribution in [0, 0.1) is 0 Å². The van der Waals surface area contributed by atoms with E-state index in [0.29, 0.717) is 5.82 Å². The van der Waals surface area contributed by atoms with Crippen LogP contribution in [0.4, 0.5) is 5.82 Å². The van der Waals surface area contributed by atoms with Crippen LogP contribution in [0.15, 0.2) is 65.5 Å². The third-order valence-electron chi connectivity index (χ3n) is 4.64. The lowest BCUT2D eigenvalue weighted by Crippen LogP contribution is -2.48. The zero-order valence-corrected chi connectivity index (χ0v) is 19.0. The molecule has 0 radical (unpaired) electrons. The molecule has 0 spiro atoms. The van der Waals surface area contributed by atoms with E-state index in [1.54, 1.807) is 6.07 Å². The van der Waals surface area contributed by atoms with Gasteiger partial charge < -0.3 is 14.5 Å². The lowest BCUT2D eigenvalue weighted by molar-refractivity contribution is -0.142. The van der Waals surface area contributed by atoms with Crippen LogP contribution < -0.4 is 16.2 Å². The van der Waals surface area contributed by atoms with E-state index in [9.17, 15) is 9.59 Å². The van der Waals surface area contributed by atoms with Crippen LogP contribution in [-0.4, -0.2) is 40.0 Å². The number of nitrogens with zero attached hydrogens (tertiary/aromatic N) is 2. The molecule has 0 aliphatic heterocycles. The molecule has 168 valence electrons. The van der Waals surface area contributed by atoms with Crippen LogP contribution in [0.1, 0.15) is 17.0 Å². The van der Waals surface area contributed by atoms with E-state index < -0.39 is 12.0 Å². The number of methoxy groups -OCH3 is 1. The molecule has 3 N–H and O–H groups in total. The van der Waals surface area contributed by atoms with Crippen molar-refractivity contribution in [3.8, 4) is 10.4 Å². The van der Waals surface area contributed by atoms with Crippen molar-refractivity contribution in [2.75, 3.05) is 12.5 Å². The molecule has 0 aliphatic rings. The molecular weight excluding hydrogens is 462 g/mol. The summed E-state index contributed by atoms with van der Waals surface area (Å²) in [5.74, 6) is -0.312. The summed E-state index contributed by atoms with van der Waals surface area (Å²) in [6.07, 6.45) is 2.65. The van der Waals surface area contributed by atoms with Gasteiger partial charge in [-0.3, -0.25) is 15.6 Å². The number of benzene rings is 1. The number of anilines is 1. The van der Waals surface area contributed by atoms with Crippen LogP contribution >= 0.6 is 23.6 Å². The number of carbonyl (C=O) groups excluding carboxylic acids is 2. The Bertz CT molecular complexity index is 1270. The number of Topliss-reactive ketones (excluding diaryl/α,β-unsaturated/α-hetero) is 1. The molecule has 0 fully saturated rings. The van der Waals surface area contributed by atoms with Crippen LogP contribution in [-0.2, 0) is 9.53 Å². The van der Waals surface area contributed by atoms with Gasteiger partial charge in [0, 0.05) is 11.3 Å². The average Bonchev–Trinajstić information content (AvgIpc) is 3.53. The fourth-order valence-corrected chi connectivity index (χ4v) is 4.31. The van der Waals surface area contributed by atoms with Crippen molar-refractivity contribution < 1.29 is 18.7 Å². The largest absolute Gasteiger partial charge is 0.467 e. The summed E-state index contributed by atoms with van der Waals surface area (Å²) in [5.41, 5.74) is 7.62. The van der Waals surface area contributed by atoms with Gasteiger partial charge in [0.1, 0.15) is 12.4 Å². The van der Waals surface area contributed by atoms with Gasteiger partial charge in [0.25, 0.3) is 0 Å². The second-order valence-electron chi connectivity index (χ2n) is 6.82. The predicted molar refractivity (Wildman–Crippen MR) is 129 cm³/mol. The molecule has 0 aliphatic carbocycles. The summed E-state index contributed by atoms with van der Waals surface area (Å²) in [6.45, 7) is 0. The van der Waals surface area contributed by atoms with Gasteiger partial charge in [0.2, 0.25) is 5.78 Å². The van der Waals surface area contributed by atoms with Gasteiger partial charge in [-0.1, -0.05) is 30.3 Å². The Morgan fingerprint density at radius 1 is 1.18 bits per heavy atom. The lowest BCUT2D eigenvalue weighted by Gasteiger charge is -2.18. The van der Waals surface area contributed by atoms with Crippen LogP contribution in [0.25, 0.3) is 20.7 Å². The number of hydrogen-bond acceptors (Lipinski definition) is 9. The Labute approximate surface area is 198 Å². The molecule has 1 aromatic carbocycles. The molecule has 0 amide bonds. The summed E-state index contributed by atoms with van der Waals surface area (Å²) in [4.78, 5) is 34.1. The molecule has 4 aromatic rings. The van der Waals surface area contributed by atoms with Crippen LogP contribution in [0.3, 0.4) is 0 Å². The molecule has 3 heterocycles. The van der Waals surface area contributed by atoms with E-state index in [1.807, 2.05) is 36.4 Å². The molecule has 3 aromatic heterocycles. The monoisotopic (exact) mass is 481 g/mol. The Morgan fingerprint density at radius 2 is 2.00 bits per heavy atom. The van der Waals surface area contributed by atoms with E-state index in [1.165, 1.54) is 37.1 Å². The average molecular weight is 482 g/mol. The molecule has 33 heavy (non-hydrogen) atoms. The van der Waals surface area contributed by atoms with Gasteiger partial charge in [-0.05, 0) is 36.0 Å². The van der Waals surface area contributed by atoms with Crippen LogP contribution in [0.5, 0.6) is 0 Å². The first-order valence-electron chi connectivity index (χ1n) is 9.82. The van der Waals surface area contributed by atoms with Gasteiger partial charge in [-0.15, -0.1) is 11.3 Å². The first-order valence-corrected chi connectivity index (χ1v) is 11.0. The first kappa shape index (κ1) is 22.4. The summed E-state index contributed by atoms with van der Waals surface area (Å²) in [7, 11) is 1.24. The number of aromatic nitrogens is 2. The number of rotatable bonds is 8. The summed E-state index contributed by atoms with van der Waals surface area (Å²) >= 11 is 6.82. The van der Waals surface area contributed by atoms with Crippen molar-refractivity contribution in [2.45, 2.75) is 12.5 Å². The highest BCUT2D eigenvalue weighted by atomic mass is 32.1. The minimum absolute atomic E-state index is 0.0873. The highest BCUT2D eigenvalue weighted by Crippen LogP contribution is 2.35. The van der Waals surface area contributed by atoms with Crippen molar-refractivity contribution in [3.05, 3.63) is 66.9 Å². The van der Waals surface area contributed by atoms with Gasteiger partial charge >= 0.3 is 5.97 Å². The number of esters is 1. The van der Waals surface area contributed by atoms with Gasteiger partial charge in [-0.2, -0.15) is 0 Å². The molecule has 11 heteroatoms. The Hall–Kier alpha value is -3.83. The number of thiocarbonyl (C=S) groups is 1. The van der Waals surface area contributed by atoms with Gasteiger partial charge in [0.05, 0.1) is 23.6 Å². The minimum Gasteiger partial charge on any atom is -0.467 e. The standard InChI is InChI=1S/C22H19N5O4S2/c1-30-21(29)15(10-16(28)17-8-5-9-31-17)25-22(32)27-26-20-19-14(23-12-24-20)11-18(33-19)13-6-3-2-4-7-13/h2-9,11-12,15H,10H2,1H3,(H,23,24,26)(H2,25,27,32). The quantitative estimate of drug-likeness (QED) is 0.149. The molecule has 4 rings (SSSR count). The maximum absolute atomic E-state index is 12.3. The molecule has 1 unspecified atom stereocenters. The van der Waals surface area contributed by atoms with E-state index in [4.69, 9.17) is 21.4 Å². The van der Waals surface area contributed by atoms with Crippen LogP contribution in [0.2, 0.25) is 0 Å². The van der Waals surface area contributed by atoms with E-state index in [-0.39, 0.29) is 23.1 Å². The number of nitrogens with one attached hydrogen (secondary N) is 3. The van der Waals surface area contributed by atoms with Crippen molar-refractivity contribution in [3.63, 3.8) is 0 Å².